The maximum absolute atomic E-state index is 8.83. The molecule has 0 saturated carbocycles. The number of rotatable bonds is 4. The lowest BCUT2D eigenvalue weighted by atomic mass is 10.0. The highest BCUT2D eigenvalue weighted by Gasteiger charge is 2.11. The third kappa shape index (κ3) is 3.47. The Balaban J connectivity index is 2.30. The van der Waals surface area contributed by atoms with Gasteiger partial charge in [-0.15, -0.1) is 0 Å². The highest BCUT2D eigenvalue weighted by Crippen LogP contribution is 2.25. The summed E-state index contributed by atoms with van der Waals surface area (Å²) in [5, 5.41) is 12.4. The number of hydrogen-bond acceptors (Lipinski definition) is 3. The Kier molecular flexibility index (Phi) is 4.70. The van der Waals surface area contributed by atoms with Gasteiger partial charge in [0.1, 0.15) is 12.4 Å². The molecule has 0 aliphatic heterocycles. The first-order valence-corrected chi connectivity index (χ1v) is 6.86. The van der Waals surface area contributed by atoms with E-state index >= 15 is 0 Å². The summed E-state index contributed by atoms with van der Waals surface area (Å²) in [6.45, 7) is 4.47. The summed E-state index contributed by atoms with van der Waals surface area (Å²) in [6.07, 6.45) is 0. The molecule has 0 fully saturated rings. The largest absolute Gasteiger partial charge is 0.488 e. The van der Waals surface area contributed by atoms with E-state index in [4.69, 9.17) is 27.3 Å². The van der Waals surface area contributed by atoms with Gasteiger partial charge in [-0.2, -0.15) is 0 Å². The van der Waals surface area contributed by atoms with E-state index in [9.17, 15) is 0 Å². The van der Waals surface area contributed by atoms with Gasteiger partial charge in [-0.1, -0.05) is 35.0 Å². The van der Waals surface area contributed by atoms with Crippen LogP contribution in [0.3, 0.4) is 0 Å². The summed E-state index contributed by atoms with van der Waals surface area (Å²) in [7, 11) is 0. The molecular weight excluding hydrogens is 288 g/mol. The summed E-state index contributed by atoms with van der Waals surface area (Å²) >= 11 is 5.99. The lowest BCUT2D eigenvalue weighted by Gasteiger charge is -2.14. The maximum atomic E-state index is 8.83. The Morgan fingerprint density at radius 3 is 2.52 bits per heavy atom. The Hall–Kier alpha value is -2.20. The van der Waals surface area contributed by atoms with Gasteiger partial charge >= 0.3 is 0 Å². The molecule has 2 aromatic rings. The second-order valence-corrected chi connectivity index (χ2v) is 5.22. The fourth-order valence-electron chi connectivity index (χ4n) is 2.11. The number of benzene rings is 2. The number of nitrogens with two attached hydrogens (primary N) is 1. The van der Waals surface area contributed by atoms with Gasteiger partial charge in [0, 0.05) is 5.02 Å². The van der Waals surface area contributed by atoms with Crippen LogP contribution in [0.15, 0.2) is 41.6 Å². The minimum Gasteiger partial charge on any atom is -0.488 e. The molecule has 2 aromatic carbocycles. The smallest absolute Gasteiger partial charge is 0.173 e. The van der Waals surface area contributed by atoms with Gasteiger partial charge in [0.2, 0.25) is 0 Å². The van der Waals surface area contributed by atoms with Gasteiger partial charge in [-0.3, -0.25) is 0 Å². The van der Waals surface area contributed by atoms with E-state index in [0.29, 0.717) is 22.9 Å². The molecule has 110 valence electrons. The Morgan fingerprint density at radius 2 is 1.90 bits per heavy atom. The van der Waals surface area contributed by atoms with Crippen LogP contribution in [-0.4, -0.2) is 11.0 Å². The molecule has 5 heteroatoms. The topological polar surface area (TPSA) is 67.8 Å². The SMILES string of the molecule is Cc1cccc(C)c1COc1cc(Cl)ccc1/C(N)=N/O. The van der Waals surface area contributed by atoms with Crippen LogP contribution in [0.5, 0.6) is 5.75 Å². The van der Waals surface area contributed by atoms with Gasteiger partial charge < -0.3 is 15.7 Å². The molecule has 0 atom stereocenters. The number of aryl methyl sites for hydroxylation is 2. The minimum absolute atomic E-state index is 0.0110. The zero-order chi connectivity index (χ0) is 15.4. The highest BCUT2D eigenvalue weighted by atomic mass is 35.5. The number of nitrogens with zero attached hydrogens (tertiary/aromatic N) is 1. The molecular formula is C16H17ClN2O2. The molecule has 0 aliphatic carbocycles. The summed E-state index contributed by atoms with van der Waals surface area (Å²) < 4.78 is 5.83. The Morgan fingerprint density at radius 1 is 1.24 bits per heavy atom. The second-order valence-electron chi connectivity index (χ2n) is 4.78. The predicted octanol–water partition coefficient (Wildman–Crippen LogP) is 3.63. The molecule has 4 nitrogen and oxygen atoms in total. The third-order valence-corrected chi connectivity index (χ3v) is 3.58. The Bertz CT molecular complexity index is 664. The summed E-state index contributed by atoms with van der Waals surface area (Å²) in [5.41, 5.74) is 9.58. The van der Waals surface area contributed by atoms with Crippen LogP contribution in [0.25, 0.3) is 0 Å². The zero-order valence-corrected chi connectivity index (χ0v) is 12.7. The van der Waals surface area contributed by atoms with Crippen molar-refractivity contribution < 1.29 is 9.94 Å². The molecule has 21 heavy (non-hydrogen) atoms. The van der Waals surface area contributed by atoms with Crippen molar-refractivity contribution in [2.45, 2.75) is 20.5 Å². The normalized spacial score (nSPS) is 11.5. The van der Waals surface area contributed by atoms with Crippen molar-refractivity contribution in [3.63, 3.8) is 0 Å². The lowest BCUT2D eigenvalue weighted by molar-refractivity contribution is 0.302. The van der Waals surface area contributed by atoms with E-state index in [2.05, 4.69) is 5.16 Å². The van der Waals surface area contributed by atoms with Crippen molar-refractivity contribution in [3.8, 4) is 5.75 Å². The number of amidine groups is 1. The monoisotopic (exact) mass is 304 g/mol. The molecule has 0 amide bonds. The lowest BCUT2D eigenvalue weighted by Crippen LogP contribution is -2.15. The van der Waals surface area contributed by atoms with Crippen molar-refractivity contribution >= 4 is 17.4 Å². The summed E-state index contributed by atoms with van der Waals surface area (Å²) in [4.78, 5) is 0. The van der Waals surface area contributed by atoms with Crippen molar-refractivity contribution in [1.82, 2.24) is 0 Å². The van der Waals surface area contributed by atoms with Gasteiger partial charge in [-0.05, 0) is 48.7 Å². The predicted molar refractivity (Wildman–Crippen MR) is 84.2 cm³/mol. The summed E-state index contributed by atoms with van der Waals surface area (Å²) in [5.74, 6) is 0.476. The first-order valence-electron chi connectivity index (χ1n) is 6.48. The number of oxime groups is 1. The molecule has 0 bridgehead atoms. The van der Waals surface area contributed by atoms with Crippen LogP contribution in [0.4, 0.5) is 0 Å². The van der Waals surface area contributed by atoms with Crippen LogP contribution >= 0.6 is 11.6 Å². The fraction of sp³-hybridized carbons (Fsp3) is 0.188. The van der Waals surface area contributed by atoms with Crippen molar-refractivity contribution in [1.29, 1.82) is 0 Å². The van der Waals surface area contributed by atoms with E-state index in [1.54, 1.807) is 18.2 Å². The number of halogens is 1. The van der Waals surface area contributed by atoms with Crippen LogP contribution in [0, 0.1) is 13.8 Å². The average molecular weight is 305 g/mol. The molecule has 0 aliphatic rings. The van der Waals surface area contributed by atoms with Gasteiger partial charge in [0.15, 0.2) is 5.84 Å². The standard InChI is InChI=1S/C16H17ClN2O2/c1-10-4-3-5-11(2)14(10)9-21-15-8-12(17)6-7-13(15)16(18)19-20/h3-8,20H,9H2,1-2H3,(H2,18,19). The molecule has 0 saturated heterocycles. The molecule has 0 aromatic heterocycles. The van der Waals surface area contributed by atoms with Crippen molar-refractivity contribution in [2.75, 3.05) is 0 Å². The van der Waals surface area contributed by atoms with Crippen LogP contribution < -0.4 is 10.5 Å². The zero-order valence-electron chi connectivity index (χ0n) is 11.9. The first kappa shape index (κ1) is 15.2. The van der Waals surface area contributed by atoms with Crippen molar-refractivity contribution in [2.24, 2.45) is 10.9 Å². The average Bonchev–Trinajstić information content (AvgIpc) is 2.46. The van der Waals surface area contributed by atoms with E-state index in [1.807, 2.05) is 32.0 Å². The highest BCUT2D eigenvalue weighted by molar-refractivity contribution is 6.30. The first-order chi connectivity index (χ1) is 10.0. The minimum atomic E-state index is -0.0110. The number of hydrogen-bond donors (Lipinski definition) is 2. The van der Waals surface area contributed by atoms with Crippen molar-refractivity contribution in [3.05, 3.63) is 63.7 Å². The summed E-state index contributed by atoms with van der Waals surface area (Å²) in [6, 6.07) is 11.1. The van der Waals surface area contributed by atoms with E-state index in [-0.39, 0.29) is 5.84 Å². The van der Waals surface area contributed by atoms with Crippen LogP contribution in [-0.2, 0) is 6.61 Å². The van der Waals surface area contributed by atoms with Gasteiger partial charge in [-0.25, -0.2) is 0 Å². The van der Waals surface area contributed by atoms with E-state index in [1.165, 1.54) is 0 Å². The molecule has 0 radical (unpaired) electrons. The fourth-order valence-corrected chi connectivity index (χ4v) is 2.27. The third-order valence-electron chi connectivity index (χ3n) is 3.34. The molecule has 0 unspecified atom stereocenters. The molecule has 0 heterocycles. The van der Waals surface area contributed by atoms with Crippen LogP contribution in [0.2, 0.25) is 5.02 Å². The van der Waals surface area contributed by atoms with E-state index < -0.39 is 0 Å². The van der Waals surface area contributed by atoms with Crippen LogP contribution in [0.1, 0.15) is 22.3 Å². The Labute approximate surface area is 128 Å². The number of ether oxygens (including phenoxy) is 1. The molecule has 0 spiro atoms. The van der Waals surface area contributed by atoms with Gasteiger partial charge in [0.25, 0.3) is 0 Å². The van der Waals surface area contributed by atoms with Gasteiger partial charge in [0.05, 0.1) is 5.56 Å². The quantitative estimate of drug-likeness (QED) is 0.392. The molecule has 2 rings (SSSR count). The second kappa shape index (κ2) is 6.50. The maximum Gasteiger partial charge on any atom is 0.173 e. The molecule has 3 N–H and O–H groups in total. The van der Waals surface area contributed by atoms with E-state index in [0.717, 1.165) is 16.7 Å².